The van der Waals surface area contributed by atoms with Crippen LogP contribution in [0.25, 0.3) is 0 Å². The molecule has 0 radical (unpaired) electrons. The van der Waals surface area contributed by atoms with Crippen molar-refractivity contribution in [1.29, 1.82) is 0 Å². The van der Waals surface area contributed by atoms with Crippen molar-refractivity contribution in [3.05, 3.63) is 29.8 Å². The molecule has 2 heterocycles. The molecule has 2 aliphatic rings. The quantitative estimate of drug-likeness (QED) is 0.767. The summed E-state index contributed by atoms with van der Waals surface area (Å²) in [6.07, 6.45) is -1.16. The van der Waals surface area contributed by atoms with Crippen LogP contribution < -0.4 is 5.32 Å². The van der Waals surface area contributed by atoms with Gasteiger partial charge in [-0.25, -0.2) is 9.59 Å². The summed E-state index contributed by atoms with van der Waals surface area (Å²) in [5.74, 6) is -0.903. The average Bonchev–Trinajstić information content (AvgIpc) is 2.99. The third-order valence-electron chi connectivity index (χ3n) is 4.41. The number of amides is 2. The number of esters is 1. The topological polar surface area (TPSA) is 95.9 Å². The molecule has 2 amide bonds. The second-order valence-corrected chi connectivity index (χ2v) is 7.25. The molecule has 0 saturated carbocycles. The number of nitrogens with zero attached hydrogens (tertiary/aromatic N) is 1. The highest BCUT2D eigenvalue weighted by atomic mass is 16.6. The molecule has 7 nitrogen and oxygen atoms in total. The van der Waals surface area contributed by atoms with E-state index in [1.54, 1.807) is 45.0 Å². The smallest absolute Gasteiger partial charge is 0.408 e. The number of likely N-dealkylation sites (tertiary alicyclic amines) is 1. The highest BCUT2D eigenvalue weighted by molar-refractivity contribution is 6.07. The Balaban J connectivity index is 1.98. The van der Waals surface area contributed by atoms with Crippen molar-refractivity contribution in [3.8, 4) is 0 Å². The predicted molar refractivity (Wildman–Crippen MR) is 85.7 cm³/mol. The van der Waals surface area contributed by atoms with Gasteiger partial charge in [-0.2, -0.15) is 0 Å². The van der Waals surface area contributed by atoms with E-state index in [0.29, 0.717) is 5.69 Å². The Labute approximate surface area is 139 Å². The van der Waals surface area contributed by atoms with Gasteiger partial charge >= 0.3 is 12.1 Å². The number of fused-ring (bicyclic) bond motifs is 2. The first-order valence-corrected chi connectivity index (χ1v) is 7.77. The molecule has 0 bridgehead atoms. The van der Waals surface area contributed by atoms with Crippen molar-refractivity contribution in [1.82, 2.24) is 4.90 Å². The van der Waals surface area contributed by atoms with E-state index in [1.165, 1.54) is 0 Å². The standard InChI is InChI=1S/C17H20N2O5/c1-16(2,3)24-13(20)12-8-17(9-19(12)15(22)23)10-6-4-5-7-11(10)18-14(17)21/h4-7,12H,8-9H2,1-3H3,(H,18,21)(H,22,23)/t12-,17-/m0/s1. The number of hydrogen-bond donors (Lipinski definition) is 2. The third kappa shape index (κ3) is 2.50. The number of carbonyl (C=O) groups excluding carboxylic acids is 2. The number of carboxylic acid groups (broad SMARTS) is 1. The normalized spacial score (nSPS) is 25.5. The molecule has 1 aromatic rings. The van der Waals surface area contributed by atoms with Gasteiger partial charge in [0.25, 0.3) is 0 Å². The number of nitrogens with one attached hydrogen (secondary N) is 1. The summed E-state index contributed by atoms with van der Waals surface area (Å²) in [5.41, 5.74) is -0.381. The van der Waals surface area contributed by atoms with E-state index < -0.39 is 29.1 Å². The van der Waals surface area contributed by atoms with Gasteiger partial charge in [-0.15, -0.1) is 0 Å². The summed E-state index contributed by atoms with van der Waals surface area (Å²) in [4.78, 5) is 37.7. The van der Waals surface area contributed by atoms with Crippen molar-refractivity contribution < 1.29 is 24.2 Å². The van der Waals surface area contributed by atoms with Crippen LogP contribution in [0.4, 0.5) is 10.5 Å². The zero-order valence-corrected chi connectivity index (χ0v) is 13.8. The van der Waals surface area contributed by atoms with Crippen LogP contribution >= 0.6 is 0 Å². The molecule has 1 fully saturated rings. The van der Waals surface area contributed by atoms with Crippen LogP contribution in [0.3, 0.4) is 0 Å². The number of para-hydroxylation sites is 1. The molecule has 0 aliphatic carbocycles. The molecular weight excluding hydrogens is 312 g/mol. The Morgan fingerprint density at radius 1 is 1.33 bits per heavy atom. The Morgan fingerprint density at radius 3 is 2.62 bits per heavy atom. The first-order valence-electron chi connectivity index (χ1n) is 7.77. The van der Waals surface area contributed by atoms with Gasteiger partial charge in [0.15, 0.2) is 0 Å². The minimum atomic E-state index is -1.24. The van der Waals surface area contributed by atoms with E-state index in [4.69, 9.17) is 4.74 Å². The molecule has 7 heteroatoms. The number of hydrogen-bond acceptors (Lipinski definition) is 4. The fourth-order valence-electron chi connectivity index (χ4n) is 3.42. The Kier molecular flexibility index (Phi) is 3.55. The summed E-state index contributed by atoms with van der Waals surface area (Å²) in [6, 6.07) is 6.16. The first kappa shape index (κ1) is 16.3. The van der Waals surface area contributed by atoms with E-state index in [1.807, 2.05) is 0 Å². The number of ether oxygens (including phenoxy) is 1. The molecule has 1 aromatic carbocycles. The molecule has 0 aromatic heterocycles. The van der Waals surface area contributed by atoms with Crippen molar-refractivity contribution in [2.24, 2.45) is 0 Å². The third-order valence-corrected chi connectivity index (χ3v) is 4.41. The van der Waals surface area contributed by atoms with Crippen LogP contribution in [0.2, 0.25) is 0 Å². The first-order chi connectivity index (χ1) is 11.1. The lowest BCUT2D eigenvalue weighted by Gasteiger charge is -2.25. The van der Waals surface area contributed by atoms with Crippen LogP contribution in [0.1, 0.15) is 32.8 Å². The summed E-state index contributed by atoms with van der Waals surface area (Å²) in [7, 11) is 0. The maximum atomic E-state index is 12.6. The Bertz CT molecular complexity index is 724. The number of rotatable bonds is 1. The van der Waals surface area contributed by atoms with E-state index in [9.17, 15) is 19.5 Å². The minimum absolute atomic E-state index is 0.0604. The average molecular weight is 332 g/mol. The van der Waals surface area contributed by atoms with Crippen molar-refractivity contribution >= 4 is 23.7 Å². The van der Waals surface area contributed by atoms with Crippen molar-refractivity contribution in [2.45, 2.75) is 44.2 Å². The number of anilines is 1. The summed E-state index contributed by atoms with van der Waals surface area (Å²) < 4.78 is 5.35. The van der Waals surface area contributed by atoms with Crippen LogP contribution in [-0.4, -0.2) is 46.2 Å². The fraction of sp³-hybridized carbons (Fsp3) is 0.471. The molecule has 1 saturated heterocycles. The monoisotopic (exact) mass is 332 g/mol. The predicted octanol–water partition coefficient (Wildman–Crippen LogP) is 1.97. The second-order valence-electron chi connectivity index (χ2n) is 7.25. The molecule has 24 heavy (non-hydrogen) atoms. The SMILES string of the molecule is CC(C)(C)OC(=O)[C@@H]1C[C@@]2(CN1C(=O)O)C(=O)Nc1ccccc12. The lowest BCUT2D eigenvalue weighted by atomic mass is 9.79. The summed E-state index contributed by atoms with van der Waals surface area (Å²) in [5, 5.41) is 12.3. The molecule has 1 spiro atoms. The lowest BCUT2D eigenvalue weighted by molar-refractivity contribution is -0.159. The van der Waals surface area contributed by atoms with Gasteiger partial charge in [0.2, 0.25) is 5.91 Å². The maximum absolute atomic E-state index is 12.6. The van der Waals surface area contributed by atoms with Gasteiger partial charge < -0.3 is 15.2 Å². The molecule has 2 aliphatic heterocycles. The Hall–Kier alpha value is -2.57. The highest BCUT2D eigenvalue weighted by Gasteiger charge is 2.58. The van der Waals surface area contributed by atoms with E-state index in [0.717, 1.165) is 10.5 Å². The highest BCUT2D eigenvalue weighted by Crippen LogP contribution is 2.46. The van der Waals surface area contributed by atoms with Crippen molar-refractivity contribution in [2.75, 3.05) is 11.9 Å². The fourth-order valence-corrected chi connectivity index (χ4v) is 3.42. The molecule has 128 valence electrons. The van der Waals surface area contributed by atoms with Gasteiger partial charge in [0.05, 0.1) is 5.41 Å². The van der Waals surface area contributed by atoms with E-state index >= 15 is 0 Å². The van der Waals surface area contributed by atoms with Crippen LogP contribution in [-0.2, 0) is 19.7 Å². The molecular formula is C17H20N2O5. The maximum Gasteiger partial charge on any atom is 0.408 e. The zero-order valence-electron chi connectivity index (χ0n) is 13.8. The largest absolute Gasteiger partial charge is 0.465 e. The zero-order chi connectivity index (χ0) is 17.7. The van der Waals surface area contributed by atoms with E-state index in [-0.39, 0.29) is 18.9 Å². The molecule has 3 rings (SSSR count). The number of carbonyl (C=O) groups is 3. The second kappa shape index (κ2) is 5.22. The van der Waals surface area contributed by atoms with Gasteiger partial charge in [-0.3, -0.25) is 9.69 Å². The molecule has 0 unspecified atom stereocenters. The van der Waals surface area contributed by atoms with Crippen LogP contribution in [0.15, 0.2) is 24.3 Å². The van der Waals surface area contributed by atoms with Gasteiger partial charge in [0, 0.05) is 12.2 Å². The van der Waals surface area contributed by atoms with E-state index in [2.05, 4.69) is 5.32 Å². The lowest BCUT2D eigenvalue weighted by Crippen LogP contribution is -2.43. The van der Waals surface area contributed by atoms with Crippen LogP contribution in [0.5, 0.6) is 0 Å². The van der Waals surface area contributed by atoms with Gasteiger partial charge in [0.1, 0.15) is 11.6 Å². The summed E-state index contributed by atoms with van der Waals surface area (Å²) >= 11 is 0. The van der Waals surface area contributed by atoms with Crippen LogP contribution in [0, 0.1) is 0 Å². The number of benzene rings is 1. The molecule has 2 atom stereocenters. The minimum Gasteiger partial charge on any atom is -0.465 e. The molecule has 2 N–H and O–H groups in total. The Morgan fingerprint density at radius 2 is 2.00 bits per heavy atom. The van der Waals surface area contributed by atoms with Gasteiger partial charge in [-0.1, -0.05) is 18.2 Å². The summed E-state index contributed by atoms with van der Waals surface area (Å²) in [6.45, 7) is 5.10. The van der Waals surface area contributed by atoms with Gasteiger partial charge in [-0.05, 0) is 38.8 Å². The van der Waals surface area contributed by atoms with Crippen molar-refractivity contribution in [3.63, 3.8) is 0 Å².